The first-order valence-electron chi connectivity index (χ1n) is 6.16. The zero-order valence-electron chi connectivity index (χ0n) is 10.4. The molecule has 0 saturated carbocycles. The zero-order valence-corrected chi connectivity index (χ0v) is 10.4. The van der Waals surface area contributed by atoms with Crippen molar-refractivity contribution < 1.29 is 0 Å². The van der Waals surface area contributed by atoms with E-state index in [4.69, 9.17) is 0 Å². The van der Waals surface area contributed by atoms with Crippen LogP contribution in [0, 0.1) is 0 Å². The maximum atomic E-state index is 4.34. The Kier molecular flexibility index (Phi) is 3.94. The second-order valence-corrected chi connectivity index (χ2v) is 3.97. The van der Waals surface area contributed by atoms with Crippen molar-refractivity contribution in [3.8, 4) is 0 Å². The molecule has 1 aromatic carbocycles. The van der Waals surface area contributed by atoms with E-state index in [0.29, 0.717) is 0 Å². The van der Waals surface area contributed by atoms with Crippen LogP contribution < -0.4 is 5.32 Å². The Labute approximate surface area is 102 Å². The van der Waals surface area contributed by atoms with Gasteiger partial charge in [0.15, 0.2) is 0 Å². The van der Waals surface area contributed by atoms with Crippen LogP contribution in [0.5, 0.6) is 0 Å². The van der Waals surface area contributed by atoms with E-state index in [1.54, 1.807) is 0 Å². The van der Waals surface area contributed by atoms with Crippen molar-refractivity contribution in [3.63, 3.8) is 0 Å². The van der Waals surface area contributed by atoms with E-state index in [0.717, 1.165) is 13.1 Å². The number of aromatic nitrogens is 2. The van der Waals surface area contributed by atoms with Crippen LogP contribution in [0.4, 0.5) is 0 Å². The highest BCUT2D eigenvalue weighted by molar-refractivity contribution is 5.27. The van der Waals surface area contributed by atoms with E-state index >= 15 is 0 Å². The van der Waals surface area contributed by atoms with Crippen LogP contribution in [0.3, 0.4) is 0 Å². The molecule has 17 heavy (non-hydrogen) atoms. The van der Waals surface area contributed by atoms with Gasteiger partial charge in [0.2, 0.25) is 0 Å². The van der Waals surface area contributed by atoms with E-state index in [-0.39, 0.29) is 6.04 Å². The molecule has 0 bridgehead atoms. The normalized spacial score (nSPS) is 12.6. The minimum Gasteiger partial charge on any atom is -0.305 e. The molecular weight excluding hydrogens is 210 g/mol. The average molecular weight is 229 g/mol. The van der Waals surface area contributed by atoms with E-state index < -0.39 is 0 Å². The summed E-state index contributed by atoms with van der Waals surface area (Å²) in [7, 11) is 0. The Morgan fingerprint density at radius 2 is 1.94 bits per heavy atom. The highest BCUT2D eigenvalue weighted by Gasteiger charge is 2.16. The van der Waals surface area contributed by atoms with Crippen LogP contribution in [0.25, 0.3) is 0 Å². The average Bonchev–Trinajstić information content (AvgIpc) is 2.85. The first-order chi connectivity index (χ1) is 8.36. The summed E-state index contributed by atoms with van der Waals surface area (Å²) in [6.07, 6.45) is 1.87. The number of hydrogen-bond acceptors (Lipinski definition) is 2. The van der Waals surface area contributed by atoms with Gasteiger partial charge in [-0.15, -0.1) is 0 Å². The molecule has 2 aromatic rings. The summed E-state index contributed by atoms with van der Waals surface area (Å²) >= 11 is 0. The molecular formula is C14H19N3. The van der Waals surface area contributed by atoms with Crippen LogP contribution >= 0.6 is 0 Å². The fourth-order valence-electron chi connectivity index (χ4n) is 2.10. The zero-order chi connectivity index (χ0) is 12.1. The molecule has 0 aliphatic rings. The molecule has 1 aromatic heterocycles. The maximum Gasteiger partial charge on any atom is 0.0748 e. The van der Waals surface area contributed by atoms with Crippen molar-refractivity contribution in [1.29, 1.82) is 0 Å². The minimum atomic E-state index is 0.226. The van der Waals surface area contributed by atoms with Gasteiger partial charge in [-0.1, -0.05) is 37.3 Å². The van der Waals surface area contributed by atoms with Gasteiger partial charge in [-0.25, -0.2) is 0 Å². The van der Waals surface area contributed by atoms with Gasteiger partial charge in [-0.05, 0) is 25.1 Å². The van der Waals surface area contributed by atoms with Crippen LogP contribution in [0.2, 0.25) is 0 Å². The smallest absolute Gasteiger partial charge is 0.0748 e. The second-order valence-electron chi connectivity index (χ2n) is 3.97. The Hall–Kier alpha value is -1.61. The molecule has 0 aliphatic heterocycles. The Balaban J connectivity index is 2.36. The van der Waals surface area contributed by atoms with Crippen molar-refractivity contribution in [2.24, 2.45) is 0 Å². The molecule has 1 unspecified atom stereocenters. The SMILES string of the molecule is CCNC(c1ccccc1)c1ccnn1CC. The van der Waals surface area contributed by atoms with Crippen molar-refractivity contribution in [3.05, 3.63) is 53.9 Å². The molecule has 90 valence electrons. The highest BCUT2D eigenvalue weighted by atomic mass is 15.3. The van der Waals surface area contributed by atoms with Gasteiger partial charge in [-0.2, -0.15) is 5.10 Å². The fourth-order valence-corrected chi connectivity index (χ4v) is 2.10. The fraction of sp³-hybridized carbons (Fsp3) is 0.357. The molecule has 1 atom stereocenters. The molecule has 3 heteroatoms. The predicted molar refractivity (Wildman–Crippen MR) is 69.9 cm³/mol. The molecule has 1 N–H and O–H groups in total. The number of nitrogens with zero attached hydrogens (tertiary/aromatic N) is 2. The quantitative estimate of drug-likeness (QED) is 0.854. The van der Waals surface area contributed by atoms with Crippen molar-refractivity contribution in [2.45, 2.75) is 26.4 Å². The maximum absolute atomic E-state index is 4.34. The van der Waals surface area contributed by atoms with Crippen LogP contribution in [0.1, 0.15) is 31.1 Å². The summed E-state index contributed by atoms with van der Waals surface area (Å²) in [5, 5.41) is 7.86. The third-order valence-corrected chi connectivity index (χ3v) is 2.89. The van der Waals surface area contributed by atoms with Gasteiger partial charge in [0, 0.05) is 12.7 Å². The van der Waals surface area contributed by atoms with Gasteiger partial charge in [0.25, 0.3) is 0 Å². The van der Waals surface area contributed by atoms with Crippen molar-refractivity contribution in [2.75, 3.05) is 6.54 Å². The lowest BCUT2D eigenvalue weighted by atomic mass is 10.0. The van der Waals surface area contributed by atoms with Gasteiger partial charge < -0.3 is 5.32 Å². The Bertz CT molecular complexity index is 448. The number of aryl methyl sites for hydroxylation is 1. The number of rotatable bonds is 5. The van der Waals surface area contributed by atoms with E-state index in [1.807, 2.05) is 16.9 Å². The van der Waals surface area contributed by atoms with Crippen molar-refractivity contribution >= 4 is 0 Å². The molecule has 2 rings (SSSR count). The lowest BCUT2D eigenvalue weighted by molar-refractivity contribution is 0.542. The molecule has 3 nitrogen and oxygen atoms in total. The lowest BCUT2D eigenvalue weighted by Gasteiger charge is -2.19. The summed E-state index contributed by atoms with van der Waals surface area (Å²) < 4.78 is 2.04. The number of hydrogen-bond donors (Lipinski definition) is 1. The van der Waals surface area contributed by atoms with Crippen LogP contribution in [-0.4, -0.2) is 16.3 Å². The summed E-state index contributed by atoms with van der Waals surface area (Å²) in [4.78, 5) is 0. The monoisotopic (exact) mass is 229 g/mol. The summed E-state index contributed by atoms with van der Waals surface area (Å²) in [5.41, 5.74) is 2.50. The lowest BCUT2D eigenvalue weighted by Crippen LogP contribution is -2.24. The van der Waals surface area contributed by atoms with E-state index in [1.165, 1.54) is 11.3 Å². The van der Waals surface area contributed by atoms with Gasteiger partial charge in [-0.3, -0.25) is 4.68 Å². The van der Waals surface area contributed by atoms with Gasteiger partial charge in [0.1, 0.15) is 0 Å². The minimum absolute atomic E-state index is 0.226. The third-order valence-electron chi connectivity index (χ3n) is 2.89. The first kappa shape index (κ1) is 11.9. The van der Waals surface area contributed by atoms with E-state index in [9.17, 15) is 0 Å². The highest BCUT2D eigenvalue weighted by Crippen LogP contribution is 2.21. The van der Waals surface area contributed by atoms with Gasteiger partial charge in [0.05, 0.1) is 11.7 Å². The molecule has 0 spiro atoms. The van der Waals surface area contributed by atoms with Crippen LogP contribution in [-0.2, 0) is 6.54 Å². The second kappa shape index (κ2) is 5.64. The largest absolute Gasteiger partial charge is 0.305 e. The molecule has 0 aliphatic carbocycles. The topological polar surface area (TPSA) is 29.9 Å². The van der Waals surface area contributed by atoms with Gasteiger partial charge >= 0.3 is 0 Å². The summed E-state index contributed by atoms with van der Waals surface area (Å²) in [5.74, 6) is 0. The Morgan fingerprint density at radius 3 is 2.59 bits per heavy atom. The van der Waals surface area contributed by atoms with E-state index in [2.05, 4.69) is 54.6 Å². The first-order valence-corrected chi connectivity index (χ1v) is 6.16. The van der Waals surface area contributed by atoms with Crippen LogP contribution in [0.15, 0.2) is 42.6 Å². The summed E-state index contributed by atoms with van der Waals surface area (Å²) in [6, 6.07) is 12.8. The molecule has 1 heterocycles. The molecule has 0 saturated heterocycles. The number of nitrogens with one attached hydrogen (secondary N) is 1. The molecule has 0 amide bonds. The summed E-state index contributed by atoms with van der Waals surface area (Å²) in [6.45, 7) is 6.08. The number of benzene rings is 1. The molecule has 0 radical (unpaired) electrons. The Morgan fingerprint density at radius 1 is 1.18 bits per heavy atom. The predicted octanol–water partition coefficient (Wildman–Crippen LogP) is 2.60. The standard InChI is InChI=1S/C14H19N3/c1-3-15-14(12-8-6-5-7-9-12)13-10-11-16-17(13)4-2/h5-11,14-15H,3-4H2,1-2H3. The third kappa shape index (κ3) is 2.56. The molecule has 0 fully saturated rings. The van der Waals surface area contributed by atoms with Crippen molar-refractivity contribution in [1.82, 2.24) is 15.1 Å².